The Morgan fingerprint density at radius 2 is 1.87 bits per heavy atom. The van der Waals surface area contributed by atoms with Crippen LogP contribution in [0.2, 0.25) is 0 Å². The Morgan fingerprint density at radius 3 is 2.52 bits per heavy atom. The van der Waals surface area contributed by atoms with E-state index in [9.17, 15) is 0 Å². The second kappa shape index (κ2) is 11.3. The van der Waals surface area contributed by atoms with Crippen molar-refractivity contribution in [2.45, 2.75) is 64.6 Å². The number of nitrogens with zero attached hydrogens (tertiary/aromatic N) is 2. The average molecular weight is 428 g/mol. The Bertz CT molecular complexity index is 812. The summed E-state index contributed by atoms with van der Waals surface area (Å²) in [5, 5.41) is 14.9. The minimum Gasteiger partial charge on any atom is -0.381 e. The molecule has 1 aliphatic rings. The molecule has 170 valence electrons. The molecule has 0 amide bonds. The topological polar surface area (TPSA) is 83.7 Å². The van der Waals surface area contributed by atoms with Gasteiger partial charge < -0.3 is 25.2 Å². The Hall–Kier alpha value is -2.38. The van der Waals surface area contributed by atoms with Gasteiger partial charge in [-0.2, -0.15) is 0 Å². The van der Waals surface area contributed by atoms with Gasteiger partial charge in [-0.25, -0.2) is 4.99 Å². The molecule has 1 aromatic heterocycles. The highest BCUT2D eigenvalue weighted by Crippen LogP contribution is 2.25. The Labute approximate surface area is 186 Å². The average Bonchev–Trinajstić information content (AvgIpc) is 3.26. The van der Waals surface area contributed by atoms with Crippen LogP contribution in [0.3, 0.4) is 0 Å². The van der Waals surface area contributed by atoms with Crippen LogP contribution in [0.4, 0.5) is 0 Å². The van der Waals surface area contributed by atoms with Crippen molar-refractivity contribution in [2.75, 3.05) is 26.3 Å². The molecule has 3 rings (SSSR count). The first-order valence-electron chi connectivity index (χ1n) is 11.4. The molecule has 2 heterocycles. The van der Waals surface area contributed by atoms with Crippen LogP contribution in [-0.2, 0) is 11.3 Å². The molecule has 1 saturated heterocycles. The summed E-state index contributed by atoms with van der Waals surface area (Å²) < 4.78 is 11.1. The first-order valence-corrected chi connectivity index (χ1v) is 11.4. The van der Waals surface area contributed by atoms with Gasteiger partial charge in [0.1, 0.15) is 6.54 Å². The van der Waals surface area contributed by atoms with E-state index in [1.165, 1.54) is 5.56 Å². The minimum atomic E-state index is -0.0548. The zero-order valence-electron chi connectivity index (χ0n) is 19.3. The number of hydrogen-bond acceptors (Lipinski definition) is 5. The number of hydrogen-bond donors (Lipinski definition) is 3. The molecule has 7 heteroatoms. The van der Waals surface area contributed by atoms with Gasteiger partial charge >= 0.3 is 0 Å². The Balaban J connectivity index is 1.65. The molecule has 1 aliphatic heterocycles. The van der Waals surface area contributed by atoms with Crippen LogP contribution in [0.5, 0.6) is 0 Å². The van der Waals surface area contributed by atoms with Crippen LogP contribution < -0.4 is 16.0 Å². The Kier molecular flexibility index (Phi) is 8.49. The van der Waals surface area contributed by atoms with Gasteiger partial charge in [-0.05, 0) is 38.2 Å². The lowest BCUT2D eigenvalue weighted by atomic mass is 9.88. The van der Waals surface area contributed by atoms with Crippen molar-refractivity contribution >= 4 is 5.96 Å². The summed E-state index contributed by atoms with van der Waals surface area (Å²) in [5.41, 5.74) is 2.20. The third-order valence-corrected chi connectivity index (χ3v) is 5.77. The summed E-state index contributed by atoms with van der Waals surface area (Å²) >= 11 is 0. The second-order valence-electron chi connectivity index (χ2n) is 8.59. The smallest absolute Gasteiger partial charge is 0.191 e. The predicted octanol–water partition coefficient (Wildman–Crippen LogP) is 3.75. The first-order chi connectivity index (χ1) is 15.0. The van der Waals surface area contributed by atoms with Crippen LogP contribution >= 0.6 is 0 Å². The summed E-state index contributed by atoms with van der Waals surface area (Å²) in [6, 6.07) is 12.8. The van der Waals surface area contributed by atoms with E-state index in [0.29, 0.717) is 12.5 Å². The third kappa shape index (κ3) is 6.80. The van der Waals surface area contributed by atoms with E-state index in [-0.39, 0.29) is 11.6 Å². The molecule has 0 aliphatic carbocycles. The number of ether oxygens (including phenoxy) is 1. The zero-order chi connectivity index (χ0) is 22.1. The van der Waals surface area contributed by atoms with Gasteiger partial charge in [0.2, 0.25) is 0 Å². The third-order valence-electron chi connectivity index (χ3n) is 5.77. The van der Waals surface area contributed by atoms with Crippen molar-refractivity contribution in [3.63, 3.8) is 0 Å². The number of aromatic nitrogens is 1. The van der Waals surface area contributed by atoms with E-state index in [2.05, 4.69) is 79.1 Å². The maximum absolute atomic E-state index is 5.66. The van der Waals surface area contributed by atoms with Gasteiger partial charge in [0, 0.05) is 44.0 Å². The summed E-state index contributed by atoms with van der Waals surface area (Å²) in [6.07, 6.45) is 1.91. The van der Waals surface area contributed by atoms with E-state index in [1.54, 1.807) is 0 Å². The summed E-state index contributed by atoms with van der Waals surface area (Å²) in [6.45, 7) is 12.1. The standard InChI is InChI=1S/C24H37N5O2/c1-5-25-23(26-16-21-15-22(18(2)3)29-31-21)27-17-24(11-13-30-14-12-24)28-19(4)20-9-7-6-8-10-20/h6-10,15,18-19,28H,5,11-14,16-17H2,1-4H3,(H2,25,26,27). The summed E-state index contributed by atoms with van der Waals surface area (Å²) in [5.74, 6) is 1.90. The molecule has 1 atom stereocenters. The fraction of sp³-hybridized carbons (Fsp3) is 0.583. The normalized spacial score (nSPS) is 17.5. The van der Waals surface area contributed by atoms with Crippen molar-refractivity contribution in [3.8, 4) is 0 Å². The molecule has 31 heavy (non-hydrogen) atoms. The number of nitrogens with one attached hydrogen (secondary N) is 3. The maximum atomic E-state index is 5.66. The minimum absolute atomic E-state index is 0.0548. The van der Waals surface area contributed by atoms with E-state index >= 15 is 0 Å². The van der Waals surface area contributed by atoms with Gasteiger partial charge in [0.15, 0.2) is 11.7 Å². The quantitative estimate of drug-likeness (QED) is 0.418. The van der Waals surface area contributed by atoms with Crippen molar-refractivity contribution in [3.05, 3.63) is 53.4 Å². The molecule has 3 N–H and O–H groups in total. The molecule has 2 aromatic rings. The van der Waals surface area contributed by atoms with Crippen molar-refractivity contribution in [2.24, 2.45) is 4.99 Å². The lowest BCUT2D eigenvalue weighted by molar-refractivity contribution is 0.0355. The molecular formula is C24H37N5O2. The van der Waals surface area contributed by atoms with Crippen molar-refractivity contribution in [1.82, 2.24) is 21.1 Å². The van der Waals surface area contributed by atoms with Crippen molar-refractivity contribution < 1.29 is 9.26 Å². The van der Waals surface area contributed by atoms with Crippen molar-refractivity contribution in [1.29, 1.82) is 0 Å². The monoisotopic (exact) mass is 427 g/mol. The predicted molar refractivity (Wildman–Crippen MR) is 124 cm³/mol. The number of aliphatic imine (C=N–C) groups is 1. The zero-order valence-corrected chi connectivity index (χ0v) is 19.3. The molecule has 0 spiro atoms. The lowest BCUT2D eigenvalue weighted by Gasteiger charge is -2.41. The van der Waals surface area contributed by atoms with Crippen LogP contribution in [0.25, 0.3) is 0 Å². The molecule has 0 saturated carbocycles. The highest BCUT2D eigenvalue weighted by Gasteiger charge is 2.34. The molecule has 0 bridgehead atoms. The van der Waals surface area contributed by atoms with Gasteiger partial charge in [-0.1, -0.05) is 49.3 Å². The summed E-state index contributed by atoms with van der Waals surface area (Å²) in [4.78, 5) is 4.71. The fourth-order valence-corrected chi connectivity index (χ4v) is 3.85. The van der Waals surface area contributed by atoms with Gasteiger partial charge in [-0.15, -0.1) is 0 Å². The number of benzene rings is 1. The van der Waals surface area contributed by atoms with Crippen LogP contribution in [0.1, 0.15) is 69.5 Å². The SMILES string of the molecule is CCNC(=NCc1cc(C(C)C)no1)NCC1(NC(C)c2ccccc2)CCOCC1. The number of guanidine groups is 1. The van der Waals surface area contributed by atoms with E-state index in [4.69, 9.17) is 14.3 Å². The van der Waals surface area contributed by atoms with E-state index in [1.807, 2.05) is 6.07 Å². The molecule has 1 aromatic carbocycles. The molecular weight excluding hydrogens is 390 g/mol. The molecule has 1 unspecified atom stereocenters. The largest absolute Gasteiger partial charge is 0.381 e. The van der Waals surface area contributed by atoms with Crippen LogP contribution in [0.15, 0.2) is 45.9 Å². The van der Waals surface area contributed by atoms with Gasteiger partial charge in [0.05, 0.1) is 5.69 Å². The van der Waals surface area contributed by atoms with E-state index < -0.39 is 0 Å². The van der Waals surface area contributed by atoms with Crippen LogP contribution in [0, 0.1) is 0 Å². The first kappa shape index (κ1) is 23.3. The lowest BCUT2D eigenvalue weighted by Crippen LogP contribution is -2.58. The molecule has 1 fully saturated rings. The van der Waals surface area contributed by atoms with E-state index in [0.717, 1.165) is 56.6 Å². The Morgan fingerprint density at radius 1 is 1.13 bits per heavy atom. The van der Waals surface area contributed by atoms with Crippen LogP contribution in [-0.4, -0.2) is 43.0 Å². The second-order valence-corrected chi connectivity index (χ2v) is 8.59. The number of rotatable bonds is 9. The highest BCUT2D eigenvalue weighted by atomic mass is 16.5. The fourth-order valence-electron chi connectivity index (χ4n) is 3.85. The highest BCUT2D eigenvalue weighted by molar-refractivity contribution is 5.79. The van der Waals surface area contributed by atoms with Gasteiger partial charge in [-0.3, -0.25) is 0 Å². The maximum Gasteiger partial charge on any atom is 0.191 e. The molecule has 7 nitrogen and oxygen atoms in total. The molecule has 0 radical (unpaired) electrons. The summed E-state index contributed by atoms with van der Waals surface area (Å²) in [7, 11) is 0. The van der Waals surface area contributed by atoms with Gasteiger partial charge in [0.25, 0.3) is 0 Å².